The molecule has 0 fully saturated rings. The summed E-state index contributed by atoms with van der Waals surface area (Å²) >= 11 is 0. The first-order valence-electron chi connectivity index (χ1n) is 18.2. The molecule has 4 aromatic heterocycles. The van der Waals surface area contributed by atoms with Gasteiger partial charge in [-0.3, -0.25) is 28.2 Å². The molecular weight excluding hydrogens is 693 g/mol. The van der Waals surface area contributed by atoms with Gasteiger partial charge in [-0.25, -0.2) is 0 Å². The maximum atomic E-state index is 6.41. The van der Waals surface area contributed by atoms with Crippen LogP contribution in [-0.4, -0.2) is 19.1 Å². The molecule has 0 saturated heterocycles. The Morgan fingerprint density at radius 1 is 0.393 bits per heavy atom. The molecule has 4 heterocycles. The van der Waals surface area contributed by atoms with Crippen molar-refractivity contribution in [2.45, 2.75) is 0 Å². The highest BCUT2D eigenvalue weighted by Gasteiger charge is 2.15. The quantitative estimate of drug-likeness (QED) is 0.110. The topological polar surface area (TPSA) is 61.9 Å². The molecule has 0 aliphatic carbocycles. The number of imidazole rings is 2. The first-order chi connectivity index (χ1) is 27.7. The monoisotopic (exact) mass is 724 g/mol. The highest BCUT2D eigenvalue weighted by atomic mass is 16.5. The Kier molecular flexibility index (Phi) is 8.31. The zero-order valence-electron chi connectivity index (χ0n) is 30.0. The van der Waals surface area contributed by atoms with Gasteiger partial charge in [0.05, 0.1) is 56.2 Å². The van der Waals surface area contributed by atoms with E-state index in [1.807, 2.05) is 133 Å². The Morgan fingerprint density at radius 2 is 0.804 bits per heavy atom. The summed E-state index contributed by atoms with van der Waals surface area (Å²) in [6.45, 7) is 0. The zero-order valence-corrected chi connectivity index (χ0v) is 30.0. The number of nitrogens with zero attached hydrogens (tertiary/aromatic N) is 6. The second kappa shape index (κ2) is 14.2. The van der Waals surface area contributed by atoms with E-state index in [-0.39, 0.29) is 0 Å². The second-order valence-corrected chi connectivity index (χ2v) is 13.1. The van der Waals surface area contributed by atoms with Crippen LogP contribution in [0.5, 0.6) is 23.0 Å². The maximum Gasteiger partial charge on any atom is 0.269 e. The number of aromatic nitrogens is 6. The molecule has 0 radical (unpaired) electrons. The van der Waals surface area contributed by atoms with Gasteiger partial charge >= 0.3 is 0 Å². The predicted octanol–water partition coefficient (Wildman–Crippen LogP) is 9.77. The van der Waals surface area contributed by atoms with Crippen LogP contribution in [0.15, 0.2) is 194 Å². The average Bonchev–Trinajstić information content (AvgIpc) is 3.85. The SMILES string of the molecule is [c-]1n(-c2ccccc2)c2ccccc2[n+]1-c1cccc(Oc2ccnc(-c3cc(Oc4cccc(-[n+]5[c-]n(-c6ccccc6)c6ccccc65)c4)ccn3)c2)c1. The number of benzene rings is 6. The van der Waals surface area contributed by atoms with E-state index in [0.29, 0.717) is 34.4 Å². The van der Waals surface area contributed by atoms with Crippen molar-refractivity contribution in [1.82, 2.24) is 19.1 Å². The van der Waals surface area contributed by atoms with Gasteiger partial charge in [-0.2, -0.15) is 0 Å². The third kappa shape index (κ3) is 6.31. The first kappa shape index (κ1) is 32.8. The average molecular weight is 725 g/mol. The van der Waals surface area contributed by atoms with E-state index < -0.39 is 0 Å². The van der Waals surface area contributed by atoms with Crippen LogP contribution < -0.4 is 18.6 Å². The molecule has 10 rings (SSSR count). The number of hydrogen-bond acceptors (Lipinski definition) is 4. The van der Waals surface area contributed by atoms with Crippen LogP contribution in [0.25, 0.3) is 56.2 Å². The Hall–Kier alpha value is -7.84. The Balaban J connectivity index is 0.901. The third-order valence-electron chi connectivity index (χ3n) is 9.50. The van der Waals surface area contributed by atoms with Gasteiger partial charge in [0.15, 0.2) is 0 Å². The molecule has 0 aliphatic rings. The lowest BCUT2D eigenvalue weighted by atomic mass is 10.2. The number of ether oxygens (including phenoxy) is 2. The van der Waals surface area contributed by atoms with Gasteiger partial charge in [-0.15, -0.1) is 0 Å². The molecule has 0 bridgehead atoms. The van der Waals surface area contributed by atoms with E-state index in [4.69, 9.17) is 9.47 Å². The molecule has 0 unspecified atom stereocenters. The van der Waals surface area contributed by atoms with Crippen molar-refractivity contribution < 1.29 is 18.6 Å². The summed E-state index contributed by atoms with van der Waals surface area (Å²) in [6.07, 6.45) is 10.5. The standard InChI is InChI=1S/C48H32N6O2/c1-3-13-35(14-4-1)51-33-53(47-23-9-7-21-45(47)51)37-17-11-19-39(29-37)55-41-25-27-49-43(31-41)44-32-42(26-28-50-44)56-40-20-12-18-38(30-40)54-34-52(36-15-5-2-6-16-36)46-22-8-10-24-48(46)54/h1-32H. The fourth-order valence-corrected chi connectivity index (χ4v) is 6.92. The third-order valence-corrected chi connectivity index (χ3v) is 9.50. The summed E-state index contributed by atoms with van der Waals surface area (Å²) < 4.78 is 21.1. The van der Waals surface area contributed by atoms with Crippen molar-refractivity contribution in [2.75, 3.05) is 0 Å². The lowest BCUT2D eigenvalue weighted by molar-refractivity contribution is -0.572. The van der Waals surface area contributed by atoms with Gasteiger partial charge in [0, 0.05) is 24.5 Å². The van der Waals surface area contributed by atoms with Crippen LogP contribution in [0, 0.1) is 12.7 Å². The highest BCUT2D eigenvalue weighted by Crippen LogP contribution is 2.30. The van der Waals surface area contributed by atoms with Gasteiger partial charge in [0.2, 0.25) is 0 Å². The molecule has 56 heavy (non-hydrogen) atoms. The Morgan fingerprint density at radius 3 is 1.27 bits per heavy atom. The molecular formula is C48H32N6O2. The lowest BCUT2D eigenvalue weighted by Crippen LogP contribution is -2.29. The summed E-state index contributed by atoms with van der Waals surface area (Å²) in [5.41, 5.74) is 9.43. The maximum absolute atomic E-state index is 6.41. The van der Waals surface area contributed by atoms with Crippen LogP contribution in [0.4, 0.5) is 0 Å². The molecule has 10 aromatic rings. The van der Waals surface area contributed by atoms with E-state index in [2.05, 4.69) is 89.4 Å². The van der Waals surface area contributed by atoms with Crippen molar-refractivity contribution in [3.8, 4) is 57.1 Å². The van der Waals surface area contributed by atoms with Crippen LogP contribution in [-0.2, 0) is 0 Å². The first-order valence-corrected chi connectivity index (χ1v) is 18.2. The fourth-order valence-electron chi connectivity index (χ4n) is 6.92. The van der Waals surface area contributed by atoms with Crippen molar-refractivity contribution in [1.29, 1.82) is 0 Å². The summed E-state index contributed by atoms with van der Waals surface area (Å²) in [5, 5.41) is 0. The summed E-state index contributed by atoms with van der Waals surface area (Å²) in [6, 6.07) is 60.4. The van der Waals surface area contributed by atoms with E-state index in [0.717, 1.165) is 44.8 Å². The molecule has 0 aliphatic heterocycles. The molecule has 6 aromatic carbocycles. The van der Waals surface area contributed by atoms with Crippen molar-refractivity contribution in [3.05, 3.63) is 207 Å². The Labute approximate surface area is 323 Å². The van der Waals surface area contributed by atoms with E-state index >= 15 is 0 Å². The van der Waals surface area contributed by atoms with Crippen LogP contribution in [0.2, 0.25) is 0 Å². The van der Waals surface area contributed by atoms with Crippen molar-refractivity contribution in [3.63, 3.8) is 0 Å². The van der Waals surface area contributed by atoms with Gasteiger partial charge < -0.3 is 9.47 Å². The predicted molar refractivity (Wildman–Crippen MR) is 215 cm³/mol. The number of rotatable bonds is 9. The van der Waals surface area contributed by atoms with Crippen molar-refractivity contribution in [2.24, 2.45) is 0 Å². The number of para-hydroxylation sites is 6. The minimum atomic E-state index is 0.636. The smallest absolute Gasteiger partial charge is 0.269 e. The van der Waals surface area contributed by atoms with Gasteiger partial charge in [-0.1, -0.05) is 97.1 Å². The summed E-state index contributed by atoms with van der Waals surface area (Å²) in [7, 11) is 0. The minimum absolute atomic E-state index is 0.636. The number of hydrogen-bond donors (Lipinski definition) is 0. The summed E-state index contributed by atoms with van der Waals surface area (Å²) in [4.78, 5) is 9.24. The van der Waals surface area contributed by atoms with E-state index in [9.17, 15) is 0 Å². The Bertz CT molecular complexity index is 2790. The molecule has 0 N–H and O–H groups in total. The molecule has 0 spiro atoms. The van der Waals surface area contributed by atoms with Gasteiger partial charge in [0.25, 0.3) is 12.7 Å². The fraction of sp³-hybridized carbons (Fsp3) is 0. The minimum Gasteiger partial charge on any atom is -0.458 e. The molecule has 8 heteroatoms. The van der Waals surface area contributed by atoms with E-state index in [1.165, 1.54) is 0 Å². The largest absolute Gasteiger partial charge is 0.458 e. The van der Waals surface area contributed by atoms with Crippen LogP contribution in [0.3, 0.4) is 0 Å². The highest BCUT2D eigenvalue weighted by molar-refractivity contribution is 5.75. The molecule has 8 nitrogen and oxygen atoms in total. The number of pyridine rings is 2. The van der Waals surface area contributed by atoms with Crippen LogP contribution >= 0.6 is 0 Å². The second-order valence-electron chi connectivity index (χ2n) is 13.1. The van der Waals surface area contributed by atoms with Crippen LogP contribution in [0.1, 0.15) is 0 Å². The van der Waals surface area contributed by atoms with Crippen molar-refractivity contribution >= 4 is 22.1 Å². The molecule has 0 atom stereocenters. The van der Waals surface area contributed by atoms with E-state index in [1.54, 1.807) is 12.4 Å². The molecule has 266 valence electrons. The molecule has 0 amide bonds. The zero-order chi connectivity index (χ0) is 37.3. The summed E-state index contributed by atoms with van der Waals surface area (Å²) in [5.74, 6) is 2.64. The molecule has 0 saturated carbocycles. The number of fused-ring (bicyclic) bond motifs is 2. The normalized spacial score (nSPS) is 11.2. The van der Waals surface area contributed by atoms with Gasteiger partial charge in [-0.05, 0) is 72.8 Å². The van der Waals surface area contributed by atoms with Gasteiger partial charge in [0.1, 0.15) is 23.0 Å². The lowest BCUT2D eigenvalue weighted by Gasteiger charge is -2.11.